The molecule has 0 aliphatic carbocycles. The molecule has 1 fully saturated rings. The molecule has 2 aliphatic heterocycles. The maximum Gasteiger partial charge on any atom is 0.231 e. The zero-order valence-electron chi connectivity index (χ0n) is 13.1. The average molecular weight is 290 g/mol. The van der Waals surface area contributed by atoms with Crippen molar-refractivity contribution in [1.29, 1.82) is 0 Å². The van der Waals surface area contributed by atoms with E-state index in [2.05, 4.69) is 30.9 Å². The van der Waals surface area contributed by atoms with E-state index < -0.39 is 0 Å². The number of benzene rings is 1. The van der Waals surface area contributed by atoms with E-state index in [1.165, 1.54) is 18.4 Å². The van der Waals surface area contributed by atoms with Gasteiger partial charge in [0.2, 0.25) is 6.79 Å². The molecule has 116 valence electrons. The molecule has 0 radical (unpaired) electrons. The predicted molar refractivity (Wildman–Crippen MR) is 83.7 cm³/mol. The van der Waals surface area contributed by atoms with Crippen LogP contribution in [0.5, 0.6) is 11.5 Å². The van der Waals surface area contributed by atoms with Gasteiger partial charge in [-0.05, 0) is 56.3 Å². The number of fused-ring (bicyclic) bond motifs is 1. The Hall–Kier alpha value is -1.26. The van der Waals surface area contributed by atoms with Gasteiger partial charge in [0.25, 0.3) is 0 Å². The lowest BCUT2D eigenvalue weighted by Gasteiger charge is -2.45. The number of hydrogen-bond acceptors (Lipinski definition) is 4. The molecule has 2 heterocycles. The van der Waals surface area contributed by atoms with E-state index in [9.17, 15) is 0 Å². The van der Waals surface area contributed by atoms with Crippen molar-refractivity contribution in [3.8, 4) is 11.5 Å². The van der Waals surface area contributed by atoms with Gasteiger partial charge in [0.1, 0.15) is 0 Å². The Morgan fingerprint density at radius 1 is 1.33 bits per heavy atom. The minimum absolute atomic E-state index is 0.0162. The summed E-state index contributed by atoms with van der Waals surface area (Å²) in [4.78, 5) is 2.58. The first-order valence-electron chi connectivity index (χ1n) is 7.94. The SMILES string of the molecule is CC1CCCN(C(C)(CN)Cc2ccc3c(c2)OCO3)C1. The van der Waals surface area contributed by atoms with E-state index in [1.807, 2.05) is 6.07 Å². The lowest BCUT2D eigenvalue weighted by Crippen LogP contribution is -2.56. The van der Waals surface area contributed by atoms with E-state index in [0.29, 0.717) is 13.3 Å². The summed E-state index contributed by atoms with van der Waals surface area (Å²) in [6.45, 7) is 7.94. The summed E-state index contributed by atoms with van der Waals surface area (Å²) in [5.74, 6) is 2.47. The van der Waals surface area contributed by atoms with Crippen LogP contribution in [0.4, 0.5) is 0 Å². The van der Waals surface area contributed by atoms with Crippen molar-refractivity contribution >= 4 is 0 Å². The standard InChI is InChI=1S/C17H26N2O2/c1-13-4-3-7-19(10-13)17(2,11-18)9-14-5-6-15-16(8-14)21-12-20-15/h5-6,8,13H,3-4,7,9-12,18H2,1-2H3. The van der Waals surface area contributed by atoms with Crippen LogP contribution in [0.1, 0.15) is 32.3 Å². The van der Waals surface area contributed by atoms with Crippen LogP contribution in [-0.2, 0) is 6.42 Å². The average Bonchev–Trinajstić information content (AvgIpc) is 2.94. The fourth-order valence-corrected chi connectivity index (χ4v) is 3.48. The summed E-state index contributed by atoms with van der Waals surface area (Å²) in [5.41, 5.74) is 7.43. The maximum atomic E-state index is 6.15. The number of piperidine rings is 1. The number of hydrogen-bond donors (Lipinski definition) is 1. The molecule has 4 heteroatoms. The minimum Gasteiger partial charge on any atom is -0.454 e. The van der Waals surface area contributed by atoms with Crippen LogP contribution in [0.3, 0.4) is 0 Å². The van der Waals surface area contributed by atoms with E-state index in [0.717, 1.165) is 36.9 Å². The van der Waals surface area contributed by atoms with Gasteiger partial charge in [-0.3, -0.25) is 4.90 Å². The van der Waals surface area contributed by atoms with Gasteiger partial charge in [-0.1, -0.05) is 13.0 Å². The highest BCUT2D eigenvalue weighted by Gasteiger charge is 2.33. The van der Waals surface area contributed by atoms with Gasteiger partial charge in [-0.25, -0.2) is 0 Å². The van der Waals surface area contributed by atoms with E-state index >= 15 is 0 Å². The summed E-state index contributed by atoms with van der Waals surface area (Å²) in [6.07, 6.45) is 3.56. The van der Waals surface area contributed by atoms with Crippen LogP contribution in [0.2, 0.25) is 0 Å². The molecule has 0 spiro atoms. The van der Waals surface area contributed by atoms with E-state index in [1.54, 1.807) is 0 Å². The van der Waals surface area contributed by atoms with Crippen LogP contribution >= 0.6 is 0 Å². The lowest BCUT2D eigenvalue weighted by atomic mass is 9.87. The molecule has 2 atom stereocenters. The normalized spacial score (nSPS) is 24.8. The summed E-state index contributed by atoms with van der Waals surface area (Å²) >= 11 is 0. The molecule has 3 rings (SSSR count). The minimum atomic E-state index is 0.0162. The first-order valence-corrected chi connectivity index (χ1v) is 7.94. The number of nitrogens with zero attached hydrogens (tertiary/aromatic N) is 1. The smallest absolute Gasteiger partial charge is 0.231 e. The number of ether oxygens (including phenoxy) is 2. The van der Waals surface area contributed by atoms with E-state index in [4.69, 9.17) is 15.2 Å². The van der Waals surface area contributed by atoms with Gasteiger partial charge in [0.05, 0.1) is 0 Å². The van der Waals surface area contributed by atoms with Crippen molar-refractivity contribution in [2.24, 2.45) is 11.7 Å². The van der Waals surface area contributed by atoms with Crippen molar-refractivity contribution in [2.45, 2.75) is 38.6 Å². The molecule has 21 heavy (non-hydrogen) atoms. The topological polar surface area (TPSA) is 47.7 Å². The molecule has 2 N–H and O–H groups in total. The number of likely N-dealkylation sites (tertiary alicyclic amines) is 1. The van der Waals surface area contributed by atoms with Crippen molar-refractivity contribution in [3.05, 3.63) is 23.8 Å². The molecule has 1 aromatic carbocycles. The zero-order chi connectivity index (χ0) is 14.9. The Bertz CT molecular complexity index is 506. The summed E-state index contributed by atoms with van der Waals surface area (Å²) in [6, 6.07) is 6.24. The molecule has 2 unspecified atom stereocenters. The third kappa shape index (κ3) is 3.01. The van der Waals surface area contributed by atoms with Crippen molar-refractivity contribution in [1.82, 2.24) is 4.90 Å². The highest BCUT2D eigenvalue weighted by atomic mass is 16.7. The monoisotopic (exact) mass is 290 g/mol. The lowest BCUT2D eigenvalue weighted by molar-refractivity contribution is 0.0641. The van der Waals surface area contributed by atoms with Crippen LogP contribution in [0, 0.1) is 5.92 Å². The van der Waals surface area contributed by atoms with Gasteiger partial charge in [-0.2, -0.15) is 0 Å². The van der Waals surface area contributed by atoms with Crippen LogP contribution in [0.25, 0.3) is 0 Å². The first kappa shape index (κ1) is 14.7. The molecule has 4 nitrogen and oxygen atoms in total. The van der Waals surface area contributed by atoms with Crippen molar-refractivity contribution in [2.75, 3.05) is 26.4 Å². The molecule has 0 bridgehead atoms. The zero-order valence-corrected chi connectivity index (χ0v) is 13.1. The van der Waals surface area contributed by atoms with Gasteiger partial charge in [-0.15, -0.1) is 0 Å². The highest BCUT2D eigenvalue weighted by molar-refractivity contribution is 5.44. The van der Waals surface area contributed by atoms with E-state index in [-0.39, 0.29) is 5.54 Å². The van der Waals surface area contributed by atoms with Crippen molar-refractivity contribution < 1.29 is 9.47 Å². The Kier molecular flexibility index (Phi) is 4.09. The fraction of sp³-hybridized carbons (Fsp3) is 0.647. The van der Waals surface area contributed by atoms with Gasteiger partial charge in [0.15, 0.2) is 11.5 Å². The Morgan fingerprint density at radius 2 is 2.14 bits per heavy atom. The quantitative estimate of drug-likeness (QED) is 0.925. The number of nitrogens with two attached hydrogens (primary N) is 1. The second-order valence-corrected chi connectivity index (χ2v) is 6.76. The second kappa shape index (κ2) is 5.85. The maximum absolute atomic E-state index is 6.15. The third-order valence-electron chi connectivity index (χ3n) is 4.88. The van der Waals surface area contributed by atoms with Gasteiger partial charge in [0, 0.05) is 18.6 Å². The summed E-state index contributed by atoms with van der Waals surface area (Å²) < 4.78 is 10.9. The molecule has 0 aromatic heterocycles. The van der Waals surface area contributed by atoms with Crippen LogP contribution in [-0.4, -0.2) is 36.9 Å². The Labute approximate surface area is 127 Å². The van der Waals surface area contributed by atoms with Crippen molar-refractivity contribution in [3.63, 3.8) is 0 Å². The Morgan fingerprint density at radius 3 is 2.90 bits per heavy atom. The summed E-state index contributed by atoms with van der Waals surface area (Å²) in [5, 5.41) is 0. The molecular formula is C17H26N2O2. The van der Waals surface area contributed by atoms with Crippen LogP contribution in [0.15, 0.2) is 18.2 Å². The first-order chi connectivity index (χ1) is 10.1. The largest absolute Gasteiger partial charge is 0.454 e. The molecule has 1 aromatic rings. The van der Waals surface area contributed by atoms with Gasteiger partial charge < -0.3 is 15.2 Å². The molecule has 2 aliphatic rings. The molecular weight excluding hydrogens is 264 g/mol. The molecule has 1 saturated heterocycles. The second-order valence-electron chi connectivity index (χ2n) is 6.76. The molecule has 0 amide bonds. The Balaban J connectivity index is 1.76. The highest BCUT2D eigenvalue weighted by Crippen LogP contribution is 2.34. The van der Waals surface area contributed by atoms with Crippen LogP contribution < -0.4 is 15.2 Å². The molecule has 0 saturated carbocycles. The predicted octanol–water partition coefficient (Wildman–Crippen LogP) is 2.41. The van der Waals surface area contributed by atoms with Gasteiger partial charge >= 0.3 is 0 Å². The third-order valence-corrected chi connectivity index (χ3v) is 4.88. The fourth-order valence-electron chi connectivity index (χ4n) is 3.48. The summed E-state index contributed by atoms with van der Waals surface area (Å²) in [7, 11) is 0. The number of rotatable bonds is 4.